The molecule has 3 rings (SSSR count). The van der Waals surface area contributed by atoms with Crippen LogP contribution in [0.1, 0.15) is 38.2 Å². The first kappa shape index (κ1) is 22.4. The minimum Gasteiger partial charge on any atom is -0.484 e. The molecule has 1 unspecified atom stereocenters. The average Bonchev–Trinajstić information content (AvgIpc) is 3.24. The monoisotopic (exact) mass is 448 g/mol. The van der Waals surface area contributed by atoms with Gasteiger partial charge in [-0.1, -0.05) is 60.3 Å². The Bertz CT molecular complexity index is 884. The van der Waals surface area contributed by atoms with Gasteiger partial charge in [0.15, 0.2) is 6.61 Å². The Morgan fingerprint density at radius 2 is 1.87 bits per heavy atom. The van der Waals surface area contributed by atoms with E-state index in [2.05, 4.69) is 5.32 Å². The zero-order valence-electron chi connectivity index (χ0n) is 16.9. The van der Waals surface area contributed by atoms with E-state index in [-0.39, 0.29) is 31.0 Å². The fourth-order valence-corrected chi connectivity index (χ4v) is 3.95. The van der Waals surface area contributed by atoms with Gasteiger partial charge < -0.3 is 15.0 Å². The maximum absolute atomic E-state index is 13.0. The topological polar surface area (TPSA) is 58.6 Å². The van der Waals surface area contributed by atoms with Crippen LogP contribution in [0.4, 0.5) is 0 Å². The quantitative estimate of drug-likeness (QED) is 0.627. The van der Waals surface area contributed by atoms with Crippen molar-refractivity contribution in [1.29, 1.82) is 0 Å². The van der Waals surface area contributed by atoms with Gasteiger partial charge in [-0.2, -0.15) is 0 Å². The minimum absolute atomic E-state index is 0.162. The highest BCUT2D eigenvalue weighted by atomic mass is 35.5. The fraction of sp³-hybridized carbons (Fsp3) is 0.391. The number of hydrogen-bond donors (Lipinski definition) is 1. The lowest BCUT2D eigenvalue weighted by atomic mass is 10.1. The largest absolute Gasteiger partial charge is 0.484 e. The van der Waals surface area contributed by atoms with E-state index < -0.39 is 6.04 Å². The Morgan fingerprint density at radius 3 is 2.57 bits per heavy atom. The lowest BCUT2D eigenvalue weighted by Crippen LogP contribution is -2.50. The molecule has 1 fully saturated rings. The molecule has 1 N–H and O–H groups in total. The number of carbonyl (C=O) groups is 2. The molecular weight excluding hydrogens is 423 g/mol. The van der Waals surface area contributed by atoms with Gasteiger partial charge in [-0.3, -0.25) is 9.59 Å². The predicted octanol–water partition coefficient (Wildman–Crippen LogP) is 4.85. The smallest absolute Gasteiger partial charge is 0.261 e. The van der Waals surface area contributed by atoms with E-state index in [0.29, 0.717) is 15.8 Å². The van der Waals surface area contributed by atoms with Gasteiger partial charge in [0.1, 0.15) is 11.8 Å². The van der Waals surface area contributed by atoms with Crippen molar-refractivity contribution < 1.29 is 14.3 Å². The number of nitrogens with one attached hydrogen (secondary N) is 1. The van der Waals surface area contributed by atoms with E-state index in [1.165, 1.54) is 4.90 Å². The summed E-state index contributed by atoms with van der Waals surface area (Å²) in [7, 11) is 0. The van der Waals surface area contributed by atoms with Crippen molar-refractivity contribution in [2.75, 3.05) is 6.61 Å². The van der Waals surface area contributed by atoms with Crippen LogP contribution in [0, 0.1) is 0 Å². The fourth-order valence-electron chi connectivity index (χ4n) is 3.57. The molecule has 7 heteroatoms. The molecule has 2 amide bonds. The summed E-state index contributed by atoms with van der Waals surface area (Å²) in [5.41, 5.74) is 0.774. The molecule has 0 bridgehead atoms. The molecular formula is C23H26Cl2N2O3. The summed E-state index contributed by atoms with van der Waals surface area (Å²) in [6, 6.07) is 13.7. The van der Waals surface area contributed by atoms with E-state index in [9.17, 15) is 9.59 Å². The minimum atomic E-state index is -0.655. The molecule has 0 spiro atoms. The molecule has 1 saturated carbocycles. The summed E-state index contributed by atoms with van der Waals surface area (Å²) in [4.78, 5) is 27.4. The van der Waals surface area contributed by atoms with Crippen LogP contribution in [0.25, 0.3) is 0 Å². The SMILES string of the molecule is CC(C(=O)NC1CCCC1)N(Cc1ccccc1Cl)C(=O)COc1cccc(Cl)c1. The Hall–Kier alpha value is -2.24. The van der Waals surface area contributed by atoms with Crippen LogP contribution in [-0.2, 0) is 16.1 Å². The van der Waals surface area contributed by atoms with E-state index in [1.807, 2.05) is 18.2 Å². The Labute approximate surface area is 187 Å². The first-order valence-corrected chi connectivity index (χ1v) is 10.9. The third-order valence-electron chi connectivity index (χ3n) is 5.33. The van der Waals surface area contributed by atoms with E-state index in [4.69, 9.17) is 27.9 Å². The Kier molecular flexibility index (Phi) is 8.00. The van der Waals surface area contributed by atoms with E-state index in [0.717, 1.165) is 31.2 Å². The highest BCUT2D eigenvalue weighted by Crippen LogP contribution is 2.21. The number of ether oxygens (including phenoxy) is 1. The molecule has 0 aromatic heterocycles. The summed E-state index contributed by atoms with van der Waals surface area (Å²) in [6.07, 6.45) is 4.20. The Balaban J connectivity index is 1.72. The number of hydrogen-bond acceptors (Lipinski definition) is 3. The Morgan fingerprint density at radius 1 is 1.13 bits per heavy atom. The van der Waals surface area contributed by atoms with Crippen LogP contribution in [0.5, 0.6) is 5.75 Å². The number of rotatable bonds is 8. The van der Waals surface area contributed by atoms with Crippen molar-refractivity contribution in [3.63, 3.8) is 0 Å². The van der Waals surface area contributed by atoms with Crippen molar-refractivity contribution in [2.24, 2.45) is 0 Å². The molecule has 1 aliphatic carbocycles. The predicted molar refractivity (Wildman–Crippen MR) is 119 cm³/mol. The molecule has 2 aromatic rings. The maximum Gasteiger partial charge on any atom is 0.261 e. The van der Waals surface area contributed by atoms with Crippen LogP contribution >= 0.6 is 23.2 Å². The first-order chi connectivity index (χ1) is 14.4. The van der Waals surface area contributed by atoms with Gasteiger partial charge in [0, 0.05) is 22.6 Å². The number of carbonyl (C=O) groups excluding carboxylic acids is 2. The van der Waals surface area contributed by atoms with Crippen molar-refractivity contribution in [3.05, 3.63) is 64.1 Å². The van der Waals surface area contributed by atoms with Gasteiger partial charge in [-0.25, -0.2) is 0 Å². The van der Waals surface area contributed by atoms with Gasteiger partial charge in [-0.05, 0) is 49.6 Å². The van der Waals surface area contributed by atoms with Crippen LogP contribution in [-0.4, -0.2) is 35.4 Å². The average molecular weight is 449 g/mol. The van der Waals surface area contributed by atoms with Gasteiger partial charge >= 0.3 is 0 Å². The molecule has 1 aliphatic rings. The first-order valence-electron chi connectivity index (χ1n) is 10.2. The van der Waals surface area contributed by atoms with E-state index >= 15 is 0 Å². The third-order valence-corrected chi connectivity index (χ3v) is 5.93. The van der Waals surface area contributed by atoms with E-state index in [1.54, 1.807) is 37.3 Å². The lowest BCUT2D eigenvalue weighted by Gasteiger charge is -2.30. The second kappa shape index (κ2) is 10.7. The molecule has 2 aromatic carbocycles. The third kappa shape index (κ3) is 6.13. The summed E-state index contributed by atoms with van der Waals surface area (Å²) in [5.74, 6) is 0.0330. The number of halogens is 2. The zero-order valence-corrected chi connectivity index (χ0v) is 18.5. The van der Waals surface area contributed by atoms with Gasteiger partial charge in [-0.15, -0.1) is 0 Å². The molecule has 0 saturated heterocycles. The summed E-state index contributed by atoms with van der Waals surface area (Å²) in [6.45, 7) is 1.75. The van der Waals surface area contributed by atoms with Crippen LogP contribution in [0.3, 0.4) is 0 Å². The molecule has 160 valence electrons. The number of benzene rings is 2. The second-order valence-electron chi connectivity index (χ2n) is 7.53. The summed E-state index contributed by atoms with van der Waals surface area (Å²) < 4.78 is 5.62. The molecule has 0 radical (unpaired) electrons. The molecule has 5 nitrogen and oxygen atoms in total. The molecule has 30 heavy (non-hydrogen) atoms. The highest BCUT2D eigenvalue weighted by Gasteiger charge is 2.29. The van der Waals surface area contributed by atoms with Crippen LogP contribution in [0.2, 0.25) is 10.0 Å². The molecule has 0 heterocycles. The van der Waals surface area contributed by atoms with Gasteiger partial charge in [0.25, 0.3) is 5.91 Å². The van der Waals surface area contributed by atoms with Crippen molar-refractivity contribution in [3.8, 4) is 5.75 Å². The molecule has 0 aliphatic heterocycles. The van der Waals surface area contributed by atoms with Gasteiger partial charge in [0.2, 0.25) is 5.91 Å². The standard InChI is InChI=1S/C23H26Cl2N2O3/c1-16(23(29)26-19-9-3-4-10-19)27(14-17-7-2-5-12-21(17)25)22(28)15-30-20-11-6-8-18(24)13-20/h2,5-8,11-13,16,19H,3-4,9-10,14-15H2,1H3,(H,26,29). The normalized spacial score (nSPS) is 14.9. The second-order valence-corrected chi connectivity index (χ2v) is 8.37. The summed E-state index contributed by atoms with van der Waals surface area (Å²) in [5, 5.41) is 4.15. The summed E-state index contributed by atoms with van der Waals surface area (Å²) >= 11 is 12.3. The van der Waals surface area contributed by atoms with Crippen molar-refractivity contribution in [2.45, 2.75) is 51.2 Å². The maximum atomic E-state index is 13.0. The zero-order chi connectivity index (χ0) is 21.5. The number of nitrogens with zero attached hydrogens (tertiary/aromatic N) is 1. The molecule has 1 atom stereocenters. The van der Waals surface area contributed by atoms with Crippen LogP contribution < -0.4 is 10.1 Å². The lowest BCUT2D eigenvalue weighted by molar-refractivity contribution is -0.142. The van der Waals surface area contributed by atoms with Crippen LogP contribution in [0.15, 0.2) is 48.5 Å². The van der Waals surface area contributed by atoms with Gasteiger partial charge in [0.05, 0.1) is 0 Å². The highest BCUT2D eigenvalue weighted by molar-refractivity contribution is 6.31. The van der Waals surface area contributed by atoms with Crippen molar-refractivity contribution in [1.82, 2.24) is 10.2 Å². The number of amides is 2. The van der Waals surface area contributed by atoms with Crippen molar-refractivity contribution >= 4 is 35.0 Å².